The molecule has 0 amide bonds. The number of anilines is 1. The molecule has 1 heterocycles. The Kier molecular flexibility index (Phi) is 7.98. The van der Waals surface area contributed by atoms with Crippen LogP contribution in [0, 0.1) is 0 Å². The van der Waals surface area contributed by atoms with Crippen LogP contribution in [0.15, 0.2) is 12.3 Å². The molecule has 0 fully saturated rings. The normalized spacial score (nSPS) is 10.5. The van der Waals surface area contributed by atoms with Crippen molar-refractivity contribution in [1.82, 2.24) is 9.97 Å². The molecule has 0 aliphatic carbocycles. The van der Waals surface area contributed by atoms with Crippen LogP contribution in [0.1, 0.15) is 34.1 Å². The lowest BCUT2D eigenvalue weighted by Gasteiger charge is -2.17. The molecule has 104 valence electrons. The fourth-order valence-electron chi connectivity index (χ4n) is 0.968. The van der Waals surface area contributed by atoms with E-state index in [2.05, 4.69) is 9.97 Å². The molecule has 6 heteroatoms. The molecule has 0 saturated carbocycles. The van der Waals surface area contributed by atoms with E-state index in [1.54, 1.807) is 19.9 Å². The van der Waals surface area contributed by atoms with Crippen LogP contribution in [-0.2, 0) is 4.74 Å². The number of nitrogen functional groups attached to an aromatic ring is 1. The second-order valence-electron chi connectivity index (χ2n) is 3.76. The second-order valence-corrected chi connectivity index (χ2v) is 3.76. The monoisotopic (exact) mass is 257 g/mol. The van der Waals surface area contributed by atoms with E-state index in [1.807, 2.05) is 13.8 Å². The molecule has 0 aliphatic rings. The summed E-state index contributed by atoms with van der Waals surface area (Å²) in [6, 6.07) is 1.84. The van der Waals surface area contributed by atoms with Gasteiger partial charge in [-0.25, -0.2) is 4.98 Å². The number of nitrogens with zero attached hydrogens (tertiary/aromatic N) is 2. The Morgan fingerprint density at radius 2 is 2.00 bits per heavy atom. The van der Waals surface area contributed by atoms with Crippen molar-refractivity contribution in [3.05, 3.63) is 12.3 Å². The van der Waals surface area contributed by atoms with Gasteiger partial charge in [0.25, 0.3) is 0 Å². The number of aliphatic hydroxyl groups is 1. The van der Waals surface area contributed by atoms with E-state index in [-0.39, 0.29) is 6.01 Å². The number of aromatic nitrogens is 2. The third-order valence-corrected chi connectivity index (χ3v) is 1.63. The molecular formula is C12H23N3O3. The van der Waals surface area contributed by atoms with Crippen molar-refractivity contribution in [3.8, 4) is 6.01 Å². The Labute approximate surface area is 108 Å². The number of ether oxygens (including phenoxy) is 2. The van der Waals surface area contributed by atoms with Crippen LogP contribution in [0.2, 0.25) is 0 Å². The Hall–Kier alpha value is -1.40. The molecule has 0 aliphatic heterocycles. The molecule has 0 unspecified atom stereocenters. The van der Waals surface area contributed by atoms with Gasteiger partial charge < -0.3 is 20.3 Å². The van der Waals surface area contributed by atoms with Crippen LogP contribution in [0.4, 0.5) is 5.82 Å². The molecular weight excluding hydrogens is 234 g/mol. The first-order valence-corrected chi connectivity index (χ1v) is 6.05. The van der Waals surface area contributed by atoms with Gasteiger partial charge in [-0.2, -0.15) is 4.98 Å². The smallest absolute Gasteiger partial charge is 0.318 e. The van der Waals surface area contributed by atoms with Gasteiger partial charge >= 0.3 is 6.01 Å². The van der Waals surface area contributed by atoms with Crippen molar-refractivity contribution in [2.75, 3.05) is 18.9 Å². The van der Waals surface area contributed by atoms with Gasteiger partial charge in [0.05, 0.1) is 13.2 Å². The molecule has 0 atom stereocenters. The minimum absolute atomic E-state index is 0.253. The molecule has 0 saturated heterocycles. The second kappa shape index (κ2) is 8.66. The number of nitrogens with two attached hydrogens (primary N) is 1. The van der Waals surface area contributed by atoms with Crippen molar-refractivity contribution < 1.29 is 14.6 Å². The number of rotatable bonds is 6. The fourth-order valence-corrected chi connectivity index (χ4v) is 0.968. The molecule has 0 bridgehead atoms. The SMILES string of the molecule is CC.CC(C)(O)OCCCOc1nccc(N)n1. The Bertz CT molecular complexity index is 327. The van der Waals surface area contributed by atoms with Crippen LogP contribution in [0.3, 0.4) is 0 Å². The van der Waals surface area contributed by atoms with Gasteiger partial charge in [0.2, 0.25) is 0 Å². The highest BCUT2D eigenvalue weighted by Gasteiger charge is 2.11. The first-order chi connectivity index (χ1) is 8.47. The van der Waals surface area contributed by atoms with E-state index in [9.17, 15) is 5.11 Å². The average molecular weight is 257 g/mol. The lowest BCUT2D eigenvalue weighted by Crippen LogP contribution is -2.24. The highest BCUT2D eigenvalue weighted by Crippen LogP contribution is 2.06. The van der Waals surface area contributed by atoms with E-state index >= 15 is 0 Å². The third kappa shape index (κ3) is 8.72. The van der Waals surface area contributed by atoms with E-state index in [1.165, 1.54) is 6.20 Å². The Morgan fingerprint density at radius 1 is 1.33 bits per heavy atom. The van der Waals surface area contributed by atoms with Gasteiger partial charge in [-0.1, -0.05) is 13.8 Å². The van der Waals surface area contributed by atoms with Crippen molar-refractivity contribution in [2.24, 2.45) is 0 Å². The average Bonchev–Trinajstić information content (AvgIpc) is 2.30. The fraction of sp³-hybridized carbons (Fsp3) is 0.667. The predicted octanol–water partition coefficient (Wildman–Crippen LogP) is 1.60. The summed E-state index contributed by atoms with van der Waals surface area (Å²) in [7, 11) is 0. The van der Waals surface area contributed by atoms with Crippen molar-refractivity contribution in [2.45, 2.75) is 39.9 Å². The summed E-state index contributed by atoms with van der Waals surface area (Å²) in [5.74, 6) is -0.731. The topological polar surface area (TPSA) is 90.5 Å². The minimum Gasteiger partial charge on any atom is -0.463 e. The molecule has 1 aromatic rings. The maximum Gasteiger partial charge on any atom is 0.318 e. The Morgan fingerprint density at radius 3 is 2.56 bits per heavy atom. The lowest BCUT2D eigenvalue weighted by molar-refractivity contribution is -0.176. The number of hydrogen-bond acceptors (Lipinski definition) is 6. The Balaban J connectivity index is 0.00000137. The van der Waals surface area contributed by atoms with Gasteiger partial charge in [0.1, 0.15) is 5.82 Å². The standard InChI is InChI=1S/C10H17N3O3.C2H6/c1-10(2,14)16-7-3-6-15-9-12-5-4-8(11)13-9;1-2/h4-5,14H,3,6-7H2,1-2H3,(H2,11,12,13);1-2H3. The third-order valence-electron chi connectivity index (χ3n) is 1.63. The summed E-state index contributed by atoms with van der Waals surface area (Å²) in [5.41, 5.74) is 5.46. The predicted molar refractivity (Wildman–Crippen MR) is 70.2 cm³/mol. The van der Waals surface area contributed by atoms with E-state index in [0.29, 0.717) is 25.5 Å². The van der Waals surface area contributed by atoms with E-state index < -0.39 is 5.79 Å². The highest BCUT2D eigenvalue weighted by molar-refractivity contribution is 5.26. The molecule has 0 aromatic carbocycles. The molecule has 6 nitrogen and oxygen atoms in total. The van der Waals surface area contributed by atoms with E-state index in [0.717, 1.165) is 0 Å². The maximum atomic E-state index is 9.27. The van der Waals surface area contributed by atoms with Crippen LogP contribution in [0.25, 0.3) is 0 Å². The number of hydrogen-bond donors (Lipinski definition) is 2. The van der Waals surface area contributed by atoms with Crippen LogP contribution in [-0.4, -0.2) is 34.1 Å². The summed E-state index contributed by atoms with van der Waals surface area (Å²) in [6.45, 7) is 7.98. The largest absolute Gasteiger partial charge is 0.463 e. The zero-order valence-electron chi connectivity index (χ0n) is 11.5. The van der Waals surface area contributed by atoms with Gasteiger partial charge in [-0.05, 0) is 19.9 Å². The van der Waals surface area contributed by atoms with Crippen LogP contribution < -0.4 is 10.5 Å². The quantitative estimate of drug-likeness (QED) is 0.594. The van der Waals surface area contributed by atoms with Gasteiger partial charge in [0, 0.05) is 12.6 Å². The zero-order valence-corrected chi connectivity index (χ0v) is 11.5. The van der Waals surface area contributed by atoms with E-state index in [4.69, 9.17) is 15.2 Å². The summed E-state index contributed by atoms with van der Waals surface area (Å²) in [4.78, 5) is 7.76. The minimum atomic E-state index is -1.10. The van der Waals surface area contributed by atoms with Crippen molar-refractivity contribution in [3.63, 3.8) is 0 Å². The molecule has 18 heavy (non-hydrogen) atoms. The van der Waals surface area contributed by atoms with Gasteiger partial charge in [0.15, 0.2) is 5.79 Å². The van der Waals surface area contributed by atoms with Crippen molar-refractivity contribution in [1.29, 1.82) is 0 Å². The molecule has 0 radical (unpaired) electrons. The summed E-state index contributed by atoms with van der Waals surface area (Å²) >= 11 is 0. The van der Waals surface area contributed by atoms with Crippen molar-refractivity contribution >= 4 is 5.82 Å². The summed E-state index contributed by atoms with van der Waals surface area (Å²) in [6.07, 6.45) is 2.17. The highest BCUT2D eigenvalue weighted by atomic mass is 16.6. The molecule has 1 rings (SSSR count). The first-order valence-electron chi connectivity index (χ1n) is 6.05. The molecule has 0 spiro atoms. The molecule has 1 aromatic heterocycles. The summed E-state index contributed by atoms with van der Waals surface area (Å²) < 4.78 is 10.3. The summed E-state index contributed by atoms with van der Waals surface area (Å²) in [5, 5.41) is 9.27. The lowest BCUT2D eigenvalue weighted by atomic mass is 10.4. The first kappa shape index (κ1) is 16.6. The maximum absolute atomic E-state index is 9.27. The van der Waals surface area contributed by atoms with Crippen LogP contribution >= 0.6 is 0 Å². The van der Waals surface area contributed by atoms with Crippen LogP contribution in [0.5, 0.6) is 6.01 Å². The van der Waals surface area contributed by atoms with Gasteiger partial charge in [-0.3, -0.25) is 0 Å². The van der Waals surface area contributed by atoms with Gasteiger partial charge in [-0.15, -0.1) is 0 Å². The zero-order chi connectivity index (χ0) is 14.0. The molecule has 3 N–H and O–H groups in total.